The Morgan fingerprint density at radius 2 is 1.71 bits per heavy atom. The molecule has 0 aliphatic rings. The van der Waals surface area contributed by atoms with Crippen LogP contribution in [0.3, 0.4) is 0 Å². The van der Waals surface area contributed by atoms with Crippen LogP contribution in [0.5, 0.6) is 0 Å². The van der Waals surface area contributed by atoms with Gasteiger partial charge in [-0.1, -0.05) is 12.1 Å². The van der Waals surface area contributed by atoms with Crippen molar-refractivity contribution in [1.82, 2.24) is 4.98 Å². The fourth-order valence-corrected chi connectivity index (χ4v) is 2.06. The van der Waals surface area contributed by atoms with Crippen LogP contribution in [0, 0.1) is 12.7 Å². The van der Waals surface area contributed by atoms with E-state index in [1.807, 2.05) is 36.5 Å². The summed E-state index contributed by atoms with van der Waals surface area (Å²) in [6.45, 7) is 1.79. The van der Waals surface area contributed by atoms with E-state index in [2.05, 4.69) is 11.1 Å². The third-order valence-electron chi connectivity index (χ3n) is 3.04. The monoisotopic (exact) mass is 225 g/mol. The molecule has 0 atom stereocenters. The van der Waals surface area contributed by atoms with Crippen LogP contribution >= 0.6 is 0 Å². The van der Waals surface area contributed by atoms with Gasteiger partial charge in [0.25, 0.3) is 0 Å². The van der Waals surface area contributed by atoms with Crippen LogP contribution in [0.15, 0.2) is 48.7 Å². The molecule has 0 fully saturated rings. The van der Waals surface area contributed by atoms with Gasteiger partial charge in [-0.05, 0) is 59.3 Å². The normalized spacial score (nSPS) is 10.9. The average molecular weight is 225 g/mol. The lowest BCUT2D eigenvalue weighted by atomic mass is 10.0. The van der Waals surface area contributed by atoms with Crippen LogP contribution in [0.25, 0.3) is 22.0 Å². The van der Waals surface area contributed by atoms with Crippen molar-refractivity contribution in [2.24, 2.45) is 0 Å². The Bertz CT molecular complexity index is 682. The SMILES string of the molecule is Cc1cc(-c2ccc3[nH]ccc3c2)ccc1F. The molecule has 3 aromatic rings. The molecule has 0 aliphatic heterocycles. The maximum atomic E-state index is 13.2. The molecule has 0 amide bonds. The highest BCUT2D eigenvalue weighted by atomic mass is 19.1. The predicted molar refractivity (Wildman–Crippen MR) is 68.4 cm³/mol. The number of fused-ring (bicyclic) bond motifs is 1. The summed E-state index contributed by atoms with van der Waals surface area (Å²) in [6, 6.07) is 13.5. The van der Waals surface area contributed by atoms with E-state index in [0.717, 1.165) is 16.6 Å². The Kier molecular flexibility index (Phi) is 2.22. The third-order valence-corrected chi connectivity index (χ3v) is 3.04. The van der Waals surface area contributed by atoms with Crippen molar-refractivity contribution < 1.29 is 4.39 Å². The van der Waals surface area contributed by atoms with E-state index in [4.69, 9.17) is 0 Å². The van der Waals surface area contributed by atoms with Crippen LogP contribution in [0.4, 0.5) is 4.39 Å². The van der Waals surface area contributed by atoms with Crippen molar-refractivity contribution >= 4 is 10.9 Å². The van der Waals surface area contributed by atoms with E-state index in [0.29, 0.717) is 5.56 Å². The van der Waals surface area contributed by atoms with Gasteiger partial charge in [-0.25, -0.2) is 4.39 Å². The number of halogens is 1. The minimum absolute atomic E-state index is 0.156. The fraction of sp³-hybridized carbons (Fsp3) is 0.0667. The lowest BCUT2D eigenvalue weighted by Gasteiger charge is -2.04. The van der Waals surface area contributed by atoms with E-state index >= 15 is 0 Å². The smallest absolute Gasteiger partial charge is 0.126 e. The highest BCUT2D eigenvalue weighted by molar-refractivity contribution is 5.85. The molecule has 0 bridgehead atoms. The zero-order chi connectivity index (χ0) is 11.8. The van der Waals surface area contributed by atoms with Gasteiger partial charge in [-0.2, -0.15) is 0 Å². The molecule has 2 aromatic carbocycles. The van der Waals surface area contributed by atoms with Gasteiger partial charge >= 0.3 is 0 Å². The van der Waals surface area contributed by atoms with Crippen molar-refractivity contribution in [2.45, 2.75) is 6.92 Å². The maximum Gasteiger partial charge on any atom is 0.126 e. The van der Waals surface area contributed by atoms with Crippen LogP contribution in [0.1, 0.15) is 5.56 Å². The quantitative estimate of drug-likeness (QED) is 0.636. The number of rotatable bonds is 1. The van der Waals surface area contributed by atoms with Gasteiger partial charge in [-0.15, -0.1) is 0 Å². The minimum Gasteiger partial charge on any atom is -0.361 e. The van der Waals surface area contributed by atoms with Gasteiger partial charge < -0.3 is 4.98 Å². The molecule has 1 aromatic heterocycles. The summed E-state index contributed by atoms with van der Waals surface area (Å²) in [5.74, 6) is -0.156. The minimum atomic E-state index is -0.156. The molecule has 2 heteroatoms. The first kappa shape index (κ1) is 10.1. The summed E-state index contributed by atoms with van der Waals surface area (Å²) >= 11 is 0. The summed E-state index contributed by atoms with van der Waals surface area (Å²) in [4.78, 5) is 3.16. The Morgan fingerprint density at radius 3 is 2.53 bits per heavy atom. The van der Waals surface area contributed by atoms with Crippen LogP contribution in [0.2, 0.25) is 0 Å². The van der Waals surface area contributed by atoms with Gasteiger partial charge in [0.05, 0.1) is 0 Å². The van der Waals surface area contributed by atoms with Crippen molar-refractivity contribution in [3.63, 3.8) is 0 Å². The molecule has 84 valence electrons. The molecule has 0 spiro atoms. The number of nitrogens with one attached hydrogen (secondary N) is 1. The van der Waals surface area contributed by atoms with E-state index in [9.17, 15) is 4.39 Å². The average Bonchev–Trinajstić information content (AvgIpc) is 2.79. The van der Waals surface area contributed by atoms with E-state index < -0.39 is 0 Å². The molecular formula is C15H12FN. The number of benzene rings is 2. The fourth-order valence-electron chi connectivity index (χ4n) is 2.06. The molecule has 0 unspecified atom stereocenters. The number of aromatic amines is 1. The molecule has 3 rings (SSSR count). The summed E-state index contributed by atoms with van der Waals surface area (Å²) in [5.41, 5.74) is 3.96. The van der Waals surface area contributed by atoms with E-state index in [1.54, 1.807) is 6.92 Å². The molecule has 0 saturated carbocycles. The van der Waals surface area contributed by atoms with Gasteiger partial charge in [0, 0.05) is 11.7 Å². The molecule has 1 N–H and O–H groups in total. The maximum absolute atomic E-state index is 13.2. The van der Waals surface area contributed by atoms with Gasteiger partial charge in [-0.3, -0.25) is 0 Å². The van der Waals surface area contributed by atoms with Gasteiger partial charge in [0.2, 0.25) is 0 Å². The second-order valence-electron chi connectivity index (χ2n) is 4.24. The van der Waals surface area contributed by atoms with Crippen LogP contribution in [-0.2, 0) is 0 Å². The second kappa shape index (κ2) is 3.74. The van der Waals surface area contributed by atoms with Crippen LogP contribution < -0.4 is 0 Å². The first-order valence-electron chi connectivity index (χ1n) is 5.58. The number of H-pyrrole nitrogens is 1. The first-order chi connectivity index (χ1) is 8.24. The lowest BCUT2D eigenvalue weighted by molar-refractivity contribution is 0.619. The predicted octanol–water partition coefficient (Wildman–Crippen LogP) is 4.28. The molecule has 1 heterocycles. The van der Waals surface area contributed by atoms with Crippen molar-refractivity contribution in [3.05, 3.63) is 60.0 Å². The summed E-state index contributed by atoms with van der Waals surface area (Å²) in [7, 11) is 0. The van der Waals surface area contributed by atoms with E-state index in [1.165, 1.54) is 11.5 Å². The Morgan fingerprint density at radius 1 is 0.941 bits per heavy atom. The standard InChI is InChI=1S/C15H12FN/c1-10-8-11(2-4-14(10)16)12-3-5-15-13(9-12)6-7-17-15/h2-9,17H,1H3. The van der Waals surface area contributed by atoms with Crippen molar-refractivity contribution in [2.75, 3.05) is 0 Å². The zero-order valence-corrected chi connectivity index (χ0v) is 9.50. The Hall–Kier alpha value is -2.09. The largest absolute Gasteiger partial charge is 0.361 e. The number of aromatic nitrogens is 1. The molecule has 17 heavy (non-hydrogen) atoms. The molecule has 1 nitrogen and oxygen atoms in total. The van der Waals surface area contributed by atoms with E-state index in [-0.39, 0.29) is 5.82 Å². The van der Waals surface area contributed by atoms with Crippen molar-refractivity contribution in [1.29, 1.82) is 0 Å². The highest BCUT2D eigenvalue weighted by Crippen LogP contribution is 2.25. The lowest BCUT2D eigenvalue weighted by Crippen LogP contribution is -1.84. The van der Waals surface area contributed by atoms with Crippen molar-refractivity contribution in [3.8, 4) is 11.1 Å². The Balaban J connectivity index is 2.16. The number of aryl methyl sites for hydroxylation is 1. The summed E-state index contributed by atoms with van der Waals surface area (Å²) < 4.78 is 13.2. The third kappa shape index (κ3) is 1.72. The van der Waals surface area contributed by atoms with Crippen LogP contribution in [-0.4, -0.2) is 4.98 Å². The molecular weight excluding hydrogens is 213 g/mol. The second-order valence-corrected chi connectivity index (χ2v) is 4.24. The molecule has 0 radical (unpaired) electrons. The summed E-state index contributed by atoms with van der Waals surface area (Å²) in [6.07, 6.45) is 1.92. The van der Waals surface area contributed by atoms with Gasteiger partial charge in [0.15, 0.2) is 0 Å². The first-order valence-corrected chi connectivity index (χ1v) is 5.58. The van der Waals surface area contributed by atoms with Gasteiger partial charge in [0.1, 0.15) is 5.82 Å². The molecule has 0 saturated heterocycles. The molecule has 0 aliphatic carbocycles. The number of hydrogen-bond donors (Lipinski definition) is 1. The zero-order valence-electron chi connectivity index (χ0n) is 9.50. The summed E-state index contributed by atoms with van der Waals surface area (Å²) in [5, 5.41) is 1.17. The number of hydrogen-bond acceptors (Lipinski definition) is 0. The Labute approximate surface area is 98.9 Å². The highest BCUT2D eigenvalue weighted by Gasteiger charge is 2.03. The topological polar surface area (TPSA) is 15.8 Å².